The van der Waals surface area contributed by atoms with E-state index in [0.717, 1.165) is 31.2 Å². The number of amides is 1. The van der Waals surface area contributed by atoms with Crippen molar-refractivity contribution in [3.05, 3.63) is 16.0 Å². The molecule has 0 atom stereocenters. The summed E-state index contributed by atoms with van der Waals surface area (Å²) in [6.07, 6.45) is 4.41. The molecule has 1 amide bonds. The molecule has 0 aliphatic heterocycles. The summed E-state index contributed by atoms with van der Waals surface area (Å²) >= 11 is 6.63. The summed E-state index contributed by atoms with van der Waals surface area (Å²) < 4.78 is 4.88. The fraction of sp³-hybridized carbons (Fsp3) is 0.500. The third-order valence-corrected chi connectivity index (χ3v) is 4.77. The molecule has 0 aromatic carbocycles. The summed E-state index contributed by atoms with van der Waals surface area (Å²) in [5.74, 6) is -0.519. The molecule has 0 fully saturated rings. The molecule has 0 unspecified atom stereocenters. The van der Waals surface area contributed by atoms with Crippen LogP contribution in [0, 0.1) is 0 Å². The molecule has 1 aromatic rings. The molecule has 0 saturated heterocycles. The minimum atomic E-state index is -0.360. The summed E-state index contributed by atoms with van der Waals surface area (Å²) in [6, 6.07) is 0. The van der Waals surface area contributed by atoms with E-state index in [-0.39, 0.29) is 17.0 Å². The Morgan fingerprint density at radius 1 is 1.33 bits per heavy atom. The zero-order chi connectivity index (χ0) is 15.4. The smallest absolute Gasteiger partial charge is 0.341 e. The van der Waals surface area contributed by atoms with Crippen molar-refractivity contribution >= 4 is 45.5 Å². The van der Waals surface area contributed by atoms with Gasteiger partial charge in [0, 0.05) is 11.3 Å². The Bertz CT molecular complexity index is 581. The van der Waals surface area contributed by atoms with Crippen LogP contribution in [0.3, 0.4) is 0 Å². The zero-order valence-electron chi connectivity index (χ0n) is 12.1. The Labute approximate surface area is 133 Å². The van der Waals surface area contributed by atoms with E-state index < -0.39 is 0 Å². The second-order valence-electron chi connectivity index (χ2n) is 4.76. The lowest BCUT2D eigenvalue weighted by molar-refractivity contribution is -0.119. The van der Waals surface area contributed by atoms with E-state index in [1.807, 2.05) is 0 Å². The van der Waals surface area contributed by atoms with E-state index in [1.54, 1.807) is 6.92 Å². The highest BCUT2D eigenvalue weighted by Gasteiger charge is 2.26. The standard InChI is InChI=1S/C14H18N2O3S2/c1-3-10(17)15-14(20)16-12-11(13(18)19-2)8-6-4-5-7-9(8)21-12/h3-7H2,1-2H3,(H2,15,16,17,20). The van der Waals surface area contributed by atoms with Gasteiger partial charge in [-0.2, -0.15) is 0 Å². The average Bonchev–Trinajstić information content (AvgIpc) is 2.83. The van der Waals surface area contributed by atoms with Gasteiger partial charge in [0.25, 0.3) is 0 Å². The van der Waals surface area contributed by atoms with Crippen LogP contribution in [0.15, 0.2) is 0 Å². The number of rotatable bonds is 3. The summed E-state index contributed by atoms with van der Waals surface area (Å²) in [6.45, 7) is 1.75. The highest BCUT2D eigenvalue weighted by Crippen LogP contribution is 2.38. The maximum absolute atomic E-state index is 12.0. The summed E-state index contributed by atoms with van der Waals surface area (Å²) in [5.41, 5.74) is 1.62. The van der Waals surface area contributed by atoms with Gasteiger partial charge in [-0.25, -0.2) is 4.79 Å². The van der Waals surface area contributed by atoms with E-state index in [0.29, 0.717) is 17.0 Å². The van der Waals surface area contributed by atoms with Crippen LogP contribution < -0.4 is 10.6 Å². The number of aryl methyl sites for hydroxylation is 1. The molecule has 1 heterocycles. The molecule has 1 aliphatic rings. The van der Waals surface area contributed by atoms with Crippen molar-refractivity contribution in [2.45, 2.75) is 39.0 Å². The second-order valence-corrected chi connectivity index (χ2v) is 6.28. The van der Waals surface area contributed by atoms with Crippen molar-refractivity contribution in [3.63, 3.8) is 0 Å². The third-order valence-electron chi connectivity index (χ3n) is 3.36. The van der Waals surface area contributed by atoms with Gasteiger partial charge >= 0.3 is 5.97 Å². The van der Waals surface area contributed by atoms with E-state index >= 15 is 0 Å². The number of carbonyl (C=O) groups is 2. The minimum absolute atomic E-state index is 0.159. The Morgan fingerprint density at radius 3 is 2.71 bits per heavy atom. The summed E-state index contributed by atoms with van der Waals surface area (Å²) in [7, 11) is 1.37. The van der Waals surface area contributed by atoms with Gasteiger partial charge in [-0.15, -0.1) is 11.3 Å². The van der Waals surface area contributed by atoms with Crippen molar-refractivity contribution < 1.29 is 14.3 Å². The van der Waals surface area contributed by atoms with Crippen molar-refractivity contribution in [1.29, 1.82) is 0 Å². The van der Waals surface area contributed by atoms with E-state index in [2.05, 4.69) is 10.6 Å². The van der Waals surface area contributed by atoms with Crippen LogP contribution in [0.4, 0.5) is 5.00 Å². The van der Waals surface area contributed by atoms with Crippen LogP contribution >= 0.6 is 23.6 Å². The predicted octanol–water partition coefficient (Wildman–Crippen LogP) is 2.64. The van der Waals surface area contributed by atoms with Crippen molar-refractivity contribution in [3.8, 4) is 0 Å². The van der Waals surface area contributed by atoms with Crippen LogP contribution in [0.2, 0.25) is 0 Å². The molecule has 2 rings (SSSR count). The Hall–Kier alpha value is -1.47. The van der Waals surface area contributed by atoms with Gasteiger partial charge in [0.15, 0.2) is 5.11 Å². The SMILES string of the molecule is CCC(=O)NC(=S)Nc1sc2c(c1C(=O)OC)CCCC2. The largest absolute Gasteiger partial charge is 0.465 e. The van der Waals surface area contributed by atoms with Gasteiger partial charge in [0.2, 0.25) is 5.91 Å². The van der Waals surface area contributed by atoms with E-state index in [9.17, 15) is 9.59 Å². The van der Waals surface area contributed by atoms with Gasteiger partial charge in [0.05, 0.1) is 12.7 Å². The first-order valence-electron chi connectivity index (χ1n) is 6.90. The molecule has 0 bridgehead atoms. The maximum Gasteiger partial charge on any atom is 0.341 e. The van der Waals surface area contributed by atoms with Gasteiger partial charge in [-0.1, -0.05) is 6.92 Å². The number of esters is 1. The number of hydrogen-bond donors (Lipinski definition) is 2. The number of methoxy groups -OCH3 is 1. The number of ether oxygens (including phenoxy) is 1. The fourth-order valence-electron chi connectivity index (χ4n) is 2.32. The number of fused-ring (bicyclic) bond motifs is 1. The molecule has 0 radical (unpaired) electrons. The van der Waals surface area contributed by atoms with E-state index in [4.69, 9.17) is 17.0 Å². The molecule has 114 valence electrons. The van der Waals surface area contributed by atoms with Crippen LogP contribution in [-0.4, -0.2) is 24.1 Å². The Kier molecular flexibility index (Phi) is 5.30. The molecule has 0 spiro atoms. The quantitative estimate of drug-likeness (QED) is 0.660. The molecule has 0 saturated carbocycles. The average molecular weight is 326 g/mol. The van der Waals surface area contributed by atoms with Crippen LogP contribution in [0.1, 0.15) is 47.0 Å². The minimum Gasteiger partial charge on any atom is -0.465 e. The first-order chi connectivity index (χ1) is 10.1. The fourth-order valence-corrected chi connectivity index (χ4v) is 3.88. The third kappa shape index (κ3) is 3.59. The monoisotopic (exact) mass is 326 g/mol. The molecule has 2 N–H and O–H groups in total. The maximum atomic E-state index is 12.0. The Balaban J connectivity index is 2.26. The highest BCUT2D eigenvalue weighted by molar-refractivity contribution is 7.80. The molecule has 1 aromatic heterocycles. The molecular weight excluding hydrogens is 308 g/mol. The molecule has 7 heteroatoms. The van der Waals surface area contributed by atoms with Gasteiger partial charge in [0.1, 0.15) is 5.00 Å². The first-order valence-corrected chi connectivity index (χ1v) is 8.13. The predicted molar refractivity (Wildman–Crippen MR) is 87.0 cm³/mol. The van der Waals surface area contributed by atoms with Gasteiger partial charge < -0.3 is 15.4 Å². The van der Waals surface area contributed by atoms with Crippen molar-refractivity contribution in [1.82, 2.24) is 5.32 Å². The van der Waals surface area contributed by atoms with Crippen molar-refractivity contribution in [2.75, 3.05) is 12.4 Å². The number of thiophene rings is 1. The van der Waals surface area contributed by atoms with Gasteiger partial charge in [-0.3, -0.25) is 4.79 Å². The van der Waals surface area contributed by atoms with Crippen LogP contribution in [0.25, 0.3) is 0 Å². The first kappa shape index (κ1) is 15.9. The van der Waals surface area contributed by atoms with E-state index in [1.165, 1.54) is 23.3 Å². The van der Waals surface area contributed by atoms with Crippen LogP contribution in [-0.2, 0) is 22.4 Å². The number of nitrogens with one attached hydrogen (secondary N) is 2. The number of hydrogen-bond acceptors (Lipinski definition) is 5. The lowest BCUT2D eigenvalue weighted by Crippen LogP contribution is -2.33. The molecule has 1 aliphatic carbocycles. The molecular formula is C14H18N2O3S2. The number of anilines is 1. The summed E-state index contributed by atoms with van der Waals surface area (Å²) in [5, 5.41) is 6.42. The van der Waals surface area contributed by atoms with Gasteiger partial charge in [-0.05, 0) is 43.5 Å². The normalized spacial score (nSPS) is 13.2. The lowest BCUT2D eigenvalue weighted by Gasteiger charge is -2.12. The molecule has 5 nitrogen and oxygen atoms in total. The number of carbonyl (C=O) groups excluding carboxylic acids is 2. The summed E-state index contributed by atoms with van der Waals surface area (Å²) in [4.78, 5) is 24.6. The zero-order valence-corrected chi connectivity index (χ0v) is 13.7. The molecule has 21 heavy (non-hydrogen) atoms. The topological polar surface area (TPSA) is 67.4 Å². The van der Waals surface area contributed by atoms with Crippen LogP contribution in [0.5, 0.6) is 0 Å². The van der Waals surface area contributed by atoms with Crippen molar-refractivity contribution in [2.24, 2.45) is 0 Å². The Morgan fingerprint density at radius 2 is 2.05 bits per heavy atom. The lowest BCUT2D eigenvalue weighted by atomic mass is 9.95. The second kappa shape index (κ2) is 7.00. The number of thiocarbonyl (C=S) groups is 1. The highest BCUT2D eigenvalue weighted by atomic mass is 32.1.